The third-order valence-electron chi connectivity index (χ3n) is 11.9. The summed E-state index contributed by atoms with van der Waals surface area (Å²) in [6, 6.07) is 0. The lowest BCUT2D eigenvalue weighted by Gasteiger charge is -2.18. The van der Waals surface area contributed by atoms with Gasteiger partial charge in [-0.3, -0.25) is 14.4 Å². The predicted molar refractivity (Wildman–Crippen MR) is 320 cm³/mol. The van der Waals surface area contributed by atoms with Gasteiger partial charge >= 0.3 is 17.9 Å². The first-order valence-corrected chi connectivity index (χ1v) is 29.3. The Balaban J connectivity index is 4.61. The fourth-order valence-corrected chi connectivity index (χ4v) is 7.53. The molecule has 0 fully saturated rings. The van der Waals surface area contributed by atoms with Gasteiger partial charge in [-0.25, -0.2) is 0 Å². The average molecular weight is 1020 g/mol. The monoisotopic (exact) mass is 1020 g/mol. The fourth-order valence-electron chi connectivity index (χ4n) is 7.53. The number of hydrogen-bond acceptors (Lipinski definition) is 6. The highest BCUT2D eigenvalue weighted by molar-refractivity contribution is 5.71. The van der Waals surface area contributed by atoms with Crippen LogP contribution in [0.4, 0.5) is 0 Å². The number of carbonyl (C=O) groups excluding carboxylic acids is 3. The van der Waals surface area contributed by atoms with Crippen LogP contribution in [0.2, 0.25) is 0 Å². The molecule has 0 aliphatic heterocycles. The largest absolute Gasteiger partial charge is 0.462 e. The Morgan fingerprint density at radius 3 is 0.824 bits per heavy atom. The molecule has 0 heterocycles. The summed E-state index contributed by atoms with van der Waals surface area (Å²) < 4.78 is 16.8. The number of hydrogen-bond donors (Lipinski definition) is 0. The number of rotatable bonds is 50. The Kier molecular flexibility index (Phi) is 56.1. The molecule has 0 rings (SSSR count). The average Bonchev–Trinajstić information content (AvgIpc) is 3.40. The van der Waals surface area contributed by atoms with Crippen molar-refractivity contribution in [3.8, 4) is 0 Å². The van der Waals surface area contributed by atoms with Crippen molar-refractivity contribution in [3.63, 3.8) is 0 Å². The Hall–Kier alpha value is -5.23. The Morgan fingerprint density at radius 1 is 0.284 bits per heavy atom. The molecular formula is C68H104O6. The van der Waals surface area contributed by atoms with Gasteiger partial charge in [0.1, 0.15) is 13.2 Å². The molecule has 0 amide bonds. The molecule has 6 heteroatoms. The van der Waals surface area contributed by atoms with Crippen molar-refractivity contribution in [3.05, 3.63) is 170 Å². The molecule has 412 valence electrons. The van der Waals surface area contributed by atoms with Gasteiger partial charge in [0.25, 0.3) is 0 Å². The smallest absolute Gasteiger partial charge is 0.306 e. The molecule has 0 radical (unpaired) electrons. The summed E-state index contributed by atoms with van der Waals surface area (Å²) in [7, 11) is 0. The van der Waals surface area contributed by atoms with Gasteiger partial charge in [-0.15, -0.1) is 0 Å². The van der Waals surface area contributed by atoms with Crippen LogP contribution in [0.1, 0.15) is 220 Å². The summed E-state index contributed by atoms with van der Waals surface area (Å²) in [6.45, 7) is 6.27. The summed E-state index contributed by atoms with van der Waals surface area (Å²) >= 11 is 0. The maximum atomic E-state index is 12.9. The lowest BCUT2D eigenvalue weighted by atomic mass is 10.0. The minimum Gasteiger partial charge on any atom is -0.462 e. The zero-order valence-corrected chi connectivity index (χ0v) is 47.0. The molecule has 74 heavy (non-hydrogen) atoms. The lowest BCUT2D eigenvalue weighted by molar-refractivity contribution is -0.167. The van der Waals surface area contributed by atoms with Gasteiger partial charge in [0.15, 0.2) is 6.10 Å². The number of ether oxygens (including phenoxy) is 3. The van der Waals surface area contributed by atoms with Crippen LogP contribution in [0.3, 0.4) is 0 Å². The van der Waals surface area contributed by atoms with Crippen molar-refractivity contribution in [2.45, 2.75) is 226 Å². The minimum atomic E-state index is -0.831. The highest BCUT2D eigenvalue weighted by Gasteiger charge is 2.19. The van der Waals surface area contributed by atoms with E-state index in [9.17, 15) is 14.4 Å². The van der Waals surface area contributed by atoms with Gasteiger partial charge in [0, 0.05) is 19.3 Å². The SMILES string of the molecule is CC\C=C/C=C\C=C/C=C\C=C\C=C/C=C\CCCCCC(=O)OCC(COC(=O)CCCCCCCCCCCCCCCCCCCC)OC(=O)CCCCC\C=C/C=C\C=C\C=C/C=C\C=C/C=C\CC. The second kappa shape index (κ2) is 60.3. The quantitative estimate of drug-likeness (QED) is 0.0261. The van der Waals surface area contributed by atoms with Gasteiger partial charge in [0.05, 0.1) is 0 Å². The zero-order valence-electron chi connectivity index (χ0n) is 47.0. The fraction of sp³-hybridized carbons (Fsp3) is 0.544. The van der Waals surface area contributed by atoms with Crippen molar-refractivity contribution in [2.75, 3.05) is 13.2 Å². The number of allylic oxidation sites excluding steroid dienone is 28. The third kappa shape index (κ3) is 57.7. The van der Waals surface area contributed by atoms with E-state index in [4.69, 9.17) is 14.2 Å². The van der Waals surface area contributed by atoms with E-state index in [1.165, 1.54) is 96.3 Å². The van der Waals surface area contributed by atoms with Crippen LogP contribution in [0, 0.1) is 0 Å². The van der Waals surface area contributed by atoms with Crippen molar-refractivity contribution < 1.29 is 28.6 Å². The van der Waals surface area contributed by atoms with Gasteiger partial charge < -0.3 is 14.2 Å². The van der Waals surface area contributed by atoms with Gasteiger partial charge in [0.2, 0.25) is 0 Å². The van der Waals surface area contributed by atoms with Crippen LogP contribution in [-0.4, -0.2) is 37.2 Å². The van der Waals surface area contributed by atoms with Gasteiger partial charge in [-0.05, 0) is 57.8 Å². The van der Waals surface area contributed by atoms with E-state index in [0.29, 0.717) is 19.3 Å². The third-order valence-corrected chi connectivity index (χ3v) is 11.9. The number of carbonyl (C=O) groups is 3. The summed E-state index contributed by atoms with van der Waals surface area (Å²) in [5.41, 5.74) is 0. The summed E-state index contributed by atoms with van der Waals surface area (Å²) in [5.74, 6) is -1.02. The van der Waals surface area contributed by atoms with Crippen molar-refractivity contribution in [1.82, 2.24) is 0 Å². The van der Waals surface area contributed by atoms with Crippen LogP contribution in [0.15, 0.2) is 170 Å². The van der Waals surface area contributed by atoms with Crippen LogP contribution in [0.25, 0.3) is 0 Å². The maximum absolute atomic E-state index is 12.9. The van der Waals surface area contributed by atoms with Gasteiger partial charge in [-0.1, -0.05) is 313 Å². The second-order valence-electron chi connectivity index (χ2n) is 18.8. The molecule has 0 aliphatic rings. The first-order valence-electron chi connectivity index (χ1n) is 29.3. The molecule has 0 aromatic carbocycles. The molecule has 0 N–H and O–H groups in total. The molecule has 0 aromatic rings. The molecule has 6 nitrogen and oxygen atoms in total. The number of unbranched alkanes of at least 4 members (excludes halogenated alkanes) is 23. The molecule has 0 saturated carbocycles. The van der Waals surface area contributed by atoms with Crippen molar-refractivity contribution >= 4 is 17.9 Å². The van der Waals surface area contributed by atoms with Crippen molar-refractivity contribution in [2.24, 2.45) is 0 Å². The molecular weight excluding hydrogens is 913 g/mol. The standard InChI is InChI=1S/C68H104O6/c1-4-7-10-13-16-19-22-25-28-31-34-37-40-43-46-49-52-55-58-61-67(70)73-64-65(63-72-66(69)60-57-54-51-48-45-42-39-36-33-30-27-24-21-18-15-12-9-6-3)74-68(71)62-59-56-53-50-47-44-41-38-35-32-29-26-23-20-17-14-11-8-5-2/h7-8,10-11,13-14,16-17,19-20,22-23,25-26,28-29,31-32,34-35,37-38,40-41,43-44,46-47,65H,4-6,9,12,15,18,21,24,27,30,33,36,39,42,45,48-64H2,1-3H3/b10-7-,11-8-,16-13-,17-14-,22-19-,23-20-,28-25-,29-26-,34-31+,35-32+,40-37-,41-38-,46-43-,47-44-. The molecule has 0 spiro atoms. The molecule has 0 saturated heterocycles. The minimum absolute atomic E-state index is 0.119. The Morgan fingerprint density at radius 2 is 0.527 bits per heavy atom. The molecule has 1 unspecified atom stereocenters. The highest BCUT2D eigenvalue weighted by Crippen LogP contribution is 2.15. The molecule has 1 atom stereocenters. The Labute approximate surface area is 453 Å². The summed E-state index contributed by atoms with van der Waals surface area (Å²) in [4.78, 5) is 38.2. The lowest BCUT2D eigenvalue weighted by Crippen LogP contribution is -2.30. The van der Waals surface area contributed by atoms with E-state index in [1.807, 2.05) is 146 Å². The Bertz CT molecular complexity index is 1740. The first-order chi connectivity index (χ1) is 36.5. The van der Waals surface area contributed by atoms with E-state index in [-0.39, 0.29) is 44.0 Å². The predicted octanol–water partition coefficient (Wildman–Crippen LogP) is 19.9. The van der Waals surface area contributed by atoms with Crippen molar-refractivity contribution in [1.29, 1.82) is 0 Å². The molecule has 0 aromatic heterocycles. The molecule has 0 bridgehead atoms. The van der Waals surface area contributed by atoms with E-state index in [2.05, 4.69) is 45.1 Å². The molecule has 0 aliphatic carbocycles. The van der Waals surface area contributed by atoms with E-state index < -0.39 is 6.10 Å². The van der Waals surface area contributed by atoms with Crippen LogP contribution < -0.4 is 0 Å². The van der Waals surface area contributed by atoms with Crippen LogP contribution >= 0.6 is 0 Å². The summed E-state index contributed by atoms with van der Waals surface area (Å²) in [5, 5.41) is 0. The van der Waals surface area contributed by atoms with E-state index in [1.54, 1.807) is 0 Å². The zero-order chi connectivity index (χ0) is 53.6. The second-order valence-corrected chi connectivity index (χ2v) is 18.8. The highest BCUT2D eigenvalue weighted by atomic mass is 16.6. The van der Waals surface area contributed by atoms with Crippen LogP contribution in [0.5, 0.6) is 0 Å². The summed E-state index contributed by atoms with van der Waals surface area (Å²) in [6.07, 6.45) is 89.0. The first kappa shape index (κ1) is 68.8. The number of esters is 3. The normalized spacial score (nSPS) is 13.4. The van der Waals surface area contributed by atoms with E-state index >= 15 is 0 Å². The van der Waals surface area contributed by atoms with Crippen LogP contribution in [-0.2, 0) is 28.6 Å². The van der Waals surface area contributed by atoms with Gasteiger partial charge in [-0.2, -0.15) is 0 Å². The van der Waals surface area contributed by atoms with E-state index in [0.717, 1.165) is 70.6 Å². The topological polar surface area (TPSA) is 78.9 Å². The maximum Gasteiger partial charge on any atom is 0.306 e.